The van der Waals surface area contributed by atoms with Crippen LogP contribution in [0.15, 0.2) is 58.3 Å². The Labute approximate surface area is 158 Å². The molecule has 3 heterocycles. The Hall–Kier alpha value is -2.80. The largest absolute Gasteiger partial charge is 0.467 e. The Bertz CT molecular complexity index is 733. The average Bonchev–Trinajstić information content (AvgIpc) is 3.42. The van der Waals surface area contributed by atoms with Gasteiger partial charge in [-0.2, -0.15) is 0 Å². The lowest BCUT2D eigenvalue weighted by Gasteiger charge is -2.28. The smallest absolute Gasteiger partial charge is 0.290 e. The van der Waals surface area contributed by atoms with Gasteiger partial charge in [-0.25, -0.2) is 0 Å². The minimum Gasteiger partial charge on any atom is -0.467 e. The number of furan rings is 2. The highest BCUT2D eigenvalue weighted by Gasteiger charge is 2.27. The number of amides is 2. The third kappa shape index (κ3) is 5.10. The third-order valence-corrected chi connectivity index (χ3v) is 4.42. The lowest BCUT2D eigenvalue weighted by Crippen LogP contribution is -2.45. The Morgan fingerprint density at radius 1 is 1.19 bits per heavy atom. The van der Waals surface area contributed by atoms with E-state index in [-0.39, 0.29) is 36.8 Å². The SMILES string of the molecule is C=CCN(CC(=O)N(Cc1ccco1)C[C@@H]1CCCO1)C(=O)c1ccco1. The lowest BCUT2D eigenvalue weighted by atomic mass is 10.2. The van der Waals surface area contributed by atoms with E-state index in [4.69, 9.17) is 13.6 Å². The van der Waals surface area contributed by atoms with Crippen LogP contribution in [0.25, 0.3) is 0 Å². The molecule has 1 saturated heterocycles. The van der Waals surface area contributed by atoms with E-state index in [0.29, 0.717) is 25.5 Å². The van der Waals surface area contributed by atoms with E-state index in [1.807, 2.05) is 6.07 Å². The van der Waals surface area contributed by atoms with Gasteiger partial charge in [0.1, 0.15) is 12.3 Å². The molecule has 1 aliphatic rings. The van der Waals surface area contributed by atoms with Crippen molar-refractivity contribution in [3.8, 4) is 0 Å². The minimum atomic E-state index is -0.344. The van der Waals surface area contributed by atoms with E-state index in [0.717, 1.165) is 12.8 Å². The first-order valence-corrected chi connectivity index (χ1v) is 9.03. The zero-order valence-corrected chi connectivity index (χ0v) is 15.2. The summed E-state index contributed by atoms with van der Waals surface area (Å²) in [5, 5.41) is 0. The Kier molecular flexibility index (Phi) is 6.49. The van der Waals surface area contributed by atoms with Crippen molar-refractivity contribution in [2.24, 2.45) is 0 Å². The van der Waals surface area contributed by atoms with Gasteiger partial charge < -0.3 is 23.4 Å². The fourth-order valence-corrected chi connectivity index (χ4v) is 3.07. The van der Waals surface area contributed by atoms with E-state index in [1.54, 1.807) is 35.4 Å². The summed E-state index contributed by atoms with van der Waals surface area (Å²) in [5.41, 5.74) is 0. The van der Waals surface area contributed by atoms with Gasteiger partial charge in [0.25, 0.3) is 5.91 Å². The number of carbonyl (C=O) groups excluding carboxylic acids is 2. The first kappa shape index (κ1) is 19.0. The number of carbonyl (C=O) groups is 2. The van der Waals surface area contributed by atoms with Gasteiger partial charge in [0.15, 0.2) is 5.76 Å². The molecule has 7 heteroatoms. The minimum absolute atomic E-state index is 0.0116. The van der Waals surface area contributed by atoms with Gasteiger partial charge in [0.2, 0.25) is 5.91 Å². The fraction of sp³-hybridized carbons (Fsp3) is 0.400. The molecule has 3 rings (SSSR count). The fourth-order valence-electron chi connectivity index (χ4n) is 3.07. The van der Waals surface area contributed by atoms with Crippen LogP contribution < -0.4 is 0 Å². The zero-order chi connectivity index (χ0) is 19.1. The molecule has 1 atom stereocenters. The molecular weight excluding hydrogens is 348 g/mol. The summed E-state index contributed by atoms with van der Waals surface area (Å²) in [4.78, 5) is 28.7. The van der Waals surface area contributed by atoms with Gasteiger partial charge in [0, 0.05) is 19.7 Å². The highest BCUT2D eigenvalue weighted by molar-refractivity contribution is 5.94. The topological polar surface area (TPSA) is 76.1 Å². The summed E-state index contributed by atoms with van der Waals surface area (Å²) in [6.45, 7) is 5.38. The second-order valence-electron chi connectivity index (χ2n) is 6.44. The van der Waals surface area contributed by atoms with Crippen LogP contribution in [0, 0.1) is 0 Å². The first-order valence-electron chi connectivity index (χ1n) is 9.03. The van der Waals surface area contributed by atoms with Gasteiger partial charge in [-0.15, -0.1) is 6.58 Å². The van der Waals surface area contributed by atoms with Crippen LogP contribution in [-0.4, -0.2) is 54.0 Å². The van der Waals surface area contributed by atoms with Gasteiger partial charge >= 0.3 is 0 Å². The van der Waals surface area contributed by atoms with Gasteiger partial charge in [0.05, 0.1) is 25.2 Å². The van der Waals surface area contributed by atoms with Crippen LogP contribution in [0.5, 0.6) is 0 Å². The molecule has 1 fully saturated rings. The summed E-state index contributed by atoms with van der Waals surface area (Å²) in [6.07, 6.45) is 6.52. The Morgan fingerprint density at radius 3 is 2.63 bits per heavy atom. The second-order valence-corrected chi connectivity index (χ2v) is 6.44. The van der Waals surface area contributed by atoms with Crippen molar-refractivity contribution < 1.29 is 23.2 Å². The van der Waals surface area contributed by atoms with Crippen LogP contribution in [0.2, 0.25) is 0 Å². The maximum absolute atomic E-state index is 13.0. The zero-order valence-electron chi connectivity index (χ0n) is 15.2. The van der Waals surface area contributed by atoms with Crippen molar-refractivity contribution in [2.45, 2.75) is 25.5 Å². The first-order chi connectivity index (χ1) is 13.2. The van der Waals surface area contributed by atoms with Crippen LogP contribution in [0.1, 0.15) is 29.2 Å². The number of hydrogen-bond donors (Lipinski definition) is 0. The number of nitrogens with zero attached hydrogens (tertiary/aromatic N) is 2. The molecule has 2 aromatic rings. The molecule has 2 amide bonds. The number of ether oxygens (including phenoxy) is 1. The number of rotatable bonds is 9. The van der Waals surface area contributed by atoms with E-state index >= 15 is 0 Å². The molecule has 144 valence electrons. The highest BCUT2D eigenvalue weighted by Crippen LogP contribution is 2.16. The molecule has 0 bridgehead atoms. The second kappa shape index (κ2) is 9.23. The quantitative estimate of drug-likeness (QED) is 0.633. The molecule has 0 spiro atoms. The van der Waals surface area contributed by atoms with Crippen molar-refractivity contribution in [1.29, 1.82) is 0 Å². The summed E-state index contributed by atoms with van der Waals surface area (Å²) in [5.74, 6) is 0.363. The van der Waals surface area contributed by atoms with Crippen molar-refractivity contribution in [3.05, 3.63) is 61.0 Å². The molecule has 1 aliphatic heterocycles. The van der Waals surface area contributed by atoms with Crippen LogP contribution >= 0.6 is 0 Å². The molecule has 0 aromatic carbocycles. The summed E-state index contributed by atoms with van der Waals surface area (Å²) in [7, 11) is 0. The molecule has 0 radical (unpaired) electrons. The molecule has 7 nitrogen and oxygen atoms in total. The van der Waals surface area contributed by atoms with Crippen LogP contribution in [0.3, 0.4) is 0 Å². The molecule has 2 aromatic heterocycles. The van der Waals surface area contributed by atoms with E-state index in [2.05, 4.69) is 6.58 Å². The predicted molar refractivity (Wildman–Crippen MR) is 97.9 cm³/mol. The average molecular weight is 372 g/mol. The molecule has 0 aliphatic carbocycles. The summed E-state index contributed by atoms with van der Waals surface area (Å²) in [6, 6.07) is 6.83. The highest BCUT2D eigenvalue weighted by atomic mass is 16.5. The van der Waals surface area contributed by atoms with Gasteiger partial charge in [-0.3, -0.25) is 9.59 Å². The maximum Gasteiger partial charge on any atom is 0.290 e. The summed E-state index contributed by atoms with van der Waals surface area (Å²) < 4.78 is 16.2. The van der Waals surface area contributed by atoms with E-state index < -0.39 is 0 Å². The monoisotopic (exact) mass is 372 g/mol. The van der Waals surface area contributed by atoms with Crippen molar-refractivity contribution >= 4 is 11.8 Å². The molecule has 27 heavy (non-hydrogen) atoms. The Morgan fingerprint density at radius 2 is 2.00 bits per heavy atom. The standard InChI is InChI=1S/C20H24N2O5/c1-2-9-21(20(24)18-8-5-12-27-18)15-19(23)22(13-16-6-3-10-25-16)14-17-7-4-11-26-17/h2-3,5-6,8,10,12,17H,1,4,7,9,11,13-15H2/t17-/m0/s1. The van der Waals surface area contributed by atoms with Crippen molar-refractivity contribution in [1.82, 2.24) is 9.80 Å². The van der Waals surface area contributed by atoms with E-state index in [9.17, 15) is 9.59 Å². The third-order valence-electron chi connectivity index (χ3n) is 4.42. The van der Waals surface area contributed by atoms with Crippen LogP contribution in [-0.2, 0) is 16.1 Å². The predicted octanol–water partition coefficient (Wildman–Crippen LogP) is 2.71. The molecule has 0 saturated carbocycles. The molecule has 0 N–H and O–H groups in total. The number of hydrogen-bond acceptors (Lipinski definition) is 5. The molecule has 0 unspecified atom stereocenters. The molecular formula is C20H24N2O5. The van der Waals surface area contributed by atoms with Crippen molar-refractivity contribution in [3.63, 3.8) is 0 Å². The van der Waals surface area contributed by atoms with Gasteiger partial charge in [-0.05, 0) is 37.1 Å². The summed E-state index contributed by atoms with van der Waals surface area (Å²) >= 11 is 0. The van der Waals surface area contributed by atoms with E-state index in [1.165, 1.54) is 11.2 Å². The van der Waals surface area contributed by atoms with Crippen LogP contribution in [0.4, 0.5) is 0 Å². The van der Waals surface area contributed by atoms with Crippen molar-refractivity contribution in [2.75, 3.05) is 26.2 Å². The van der Waals surface area contributed by atoms with Gasteiger partial charge in [-0.1, -0.05) is 6.08 Å². The lowest BCUT2D eigenvalue weighted by molar-refractivity contribution is -0.134. The normalized spacial score (nSPS) is 16.2. The maximum atomic E-state index is 13.0. The Balaban J connectivity index is 1.70.